The fraction of sp³-hybridized carbons (Fsp3) is 0.200. The quantitative estimate of drug-likeness (QED) is 0.743. The Morgan fingerprint density at radius 1 is 1.29 bits per heavy atom. The number of halogens is 2. The average molecular weight is 349 g/mol. The normalized spacial score (nSPS) is 11.0. The number of carbonyl (C=O) groups excluding carboxylic acids is 1. The molecule has 0 fully saturated rings. The van der Waals surface area contributed by atoms with E-state index >= 15 is 0 Å². The van der Waals surface area contributed by atoms with Crippen molar-refractivity contribution in [3.05, 3.63) is 53.6 Å². The molecule has 1 N–H and O–H groups in total. The maximum Gasteiger partial charge on any atom is 0.333 e. The zero-order valence-corrected chi connectivity index (χ0v) is 13.2. The minimum atomic E-state index is -2.76. The lowest BCUT2D eigenvalue weighted by Gasteiger charge is -2.01. The number of alkyl halides is 2. The second-order valence-corrected chi connectivity index (χ2v) is 5.70. The second kappa shape index (κ2) is 7.26. The standard InChI is InChI=1S/C15H13F2N5OS/c16-15(17)22-8-4-12(21-22)13(23)19-7-3-11-9-24-14(20-11)10-1-5-18-6-2-10/h1-2,4-6,8-9,15H,3,7H2,(H,19,23). The molecule has 9 heteroatoms. The average Bonchev–Trinajstić information content (AvgIpc) is 3.25. The minimum Gasteiger partial charge on any atom is -0.350 e. The Morgan fingerprint density at radius 2 is 2.08 bits per heavy atom. The zero-order chi connectivity index (χ0) is 16.9. The summed E-state index contributed by atoms with van der Waals surface area (Å²) in [6, 6.07) is 5.01. The lowest BCUT2D eigenvalue weighted by molar-refractivity contribution is 0.0560. The molecule has 124 valence electrons. The Balaban J connectivity index is 1.53. The van der Waals surface area contributed by atoms with Gasteiger partial charge in [-0.3, -0.25) is 9.78 Å². The van der Waals surface area contributed by atoms with Gasteiger partial charge in [-0.15, -0.1) is 11.3 Å². The van der Waals surface area contributed by atoms with E-state index in [1.54, 1.807) is 12.4 Å². The van der Waals surface area contributed by atoms with E-state index in [1.165, 1.54) is 17.4 Å². The van der Waals surface area contributed by atoms with Crippen LogP contribution in [0.4, 0.5) is 8.78 Å². The largest absolute Gasteiger partial charge is 0.350 e. The van der Waals surface area contributed by atoms with Gasteiger partial charge in [0.1, 0.15) is 10.7 Å². The number of carbonyl (C=O) groups is 1. The van der Waals surface area contributed by atoms with Crippen LogP contribution in [0.15, 0.2) is 42.2 Å². The molecule has 0 saturated heterocycles. The highest BCUT2D eigenvalue weighted by atomic mass is 32.1. The Labute approximate surface area is 140 Å². The molecule has 24 heavy (non-hydrogen) atoms. The van der Waals surface area contributed by atoms with Crippen LogP contribution in [0.1, 0.15) is 22.7 Å². The molecule has 3 rings (SSSR count). The maximum absolute atomic E-state index is 12.4. The van der Waals surface area contributed by atoms with Crippen molar-refractivity contribution in [2.45, 2.75) is 13.0 Å². The first kappa shape index (κ1) is 16.2. The summed E-state index contributed by atoms with van der Waals surface area (Å²) in [7, 11) is 0. The Kier molecular flexibility index (Phi) is 4.90. The smallest absolute Gasteiger partial charge is 0.333 e. The van der Waals surface area contributed by atoms with Gasteiger partial charge in [0.15, 0.2) is 0 Å². The number of hydrogen-bond donors (Lipinski definition) is 1. The van der Waals surface area contributed by atoms with Crippen molar-refractivity contribution < 1.29 is 13.6 Å². The number of thiazole rings is 1. The number of aromatic nitrogens is 4. The summed E-state index contributed by atoms with van der Waals surface area (Å²) in [4.78, 5) is 20.3. The molecule has 0 radical (unpaired) electrons. The summed E-state index contributed by atoms with van der Waals surface area (Å²) in [5.41, 5.74) is 1.80. The van der Waals surface area contributed by atoms with Gasteiger partial charge >= 0.3 is 6.55 Å². The molecule has 6 nitrogen and oxygen atoms in total. The first-order valence-electron chi connectivity index (χ1n) is 7.10. The fourth-order valence-electron chi connectivity index (χ4n) is 2.01. The molecule has 0 bridgehead atoms. The van der Waals surface area contributed by atoms with Crippen LogP contribution in [-0.4, -0.2) is 32.2 Å². The number of rotatable bonds is 6. The van der Waals surface area contributed by atoms with Crippen molar-refractivity contribution in [1.29, 1.82) is 0 Å². The highest BCUT2D eigenvalue weighted by Gasteiger charge is 2.13. The van der Waals surface area contributed by atoms with E-state index < -0.39 is 12.5 Å². The third-order valence-corrected chi connectivity index (χ3v) is 4.13. The minimum absolute atomic E-state index is 0.0361. The summed E-state index contributed by atoms with van der Waals surface area (Å²) in [5.74, 6) is -0.487. The van der Waals surface area contributed by atoms with Crippen LogP contribution >= 0.6 is 11.3 Å². The van der Waals surface area contributed by atoms with E-state index in [0.717, 1.165) is 22.5 Å². The zero-order valence-electron chi connectivity index (χ0n) is 12.4. The molecule has 0 atom stereocenters. The van der Waals surface area contributed by atoms with Crippen LogP contribution in [0.25, 0.3) is 10.6 Å². The van der Waals surface area contributed by atoms with E-state index in [2.05, 4.69) is 20.4 Å². The molecule has 0 aliphatic heterocycles. The summed E-state index contributed by atoms with van der Waals surface area (Å²) < 4.78 is 25.3. The lowest BCUT2D eigenvalue weighted by atomic mass is 10.3. The molecule has 0 unspecified atom stereocenters. The Hall–Kier alpha value is -2.68. The molecule has 1 amide bonds. The van der Waals surface area contributed by atoms with Crippen LogP contribution in [0.3, 0.4) is 0 Å². The first-order chi connectivity index (χ1) is 11.6. The Morgan fingerprint density at radius 3 is 2.79 bits per heavy atom. The van der Waals surface area contributed by atoms with E-state index in [0.29, 0.717) is 17.6 Å². The van der Waals surface area contributed by atoms with E-state index in [-0.39, 0.29) is 5.69 Å². The van der Waals surface area contributed by atoms with Crippen LogP contribution in [-0.2, 0) is 6.42 Å². The van der Waals surface area contributed by atoms with Crippen LogP contribution in [0.5, 0.6) is 0 Å². The topological polar surface area (TPSA) is 72.7 Å². The summed E-state index contributed by atoms with van der Waals surface area (Å²) in [5, 5.41) is 8.97. The van der Waals surface area contributed by atoms with Crippen molar-refractivity contribution in [2.75, 3.05) is 6.54 Å². The van der Waals surface area contributed by atoms with Gasteiger partial charge in [0.2, 0.25) is 0 Å². The summed E-state index contributed by atoms with van der Waals surface area (Å²) in [6.07, 6.45) is 5.02. The van der Waals surface area contributed by atoms with Crippen LogP contribution in [0.2, 0.25) is 0 Å². The van der Waals surface area contributed by atoms with E-state index in [1.807, 2.05) is 17.5 Å². The van der Waals surface area contributed by atoms with Gasteiger partial charge in [-0.2, -0.15) is 13.9 Å². The maximum atomic E-state index is 12.4. The molecular formula is C15H13F2N5OS. The number of nitrogens with zero attached hydrogens (tertiary/aromatic N) is 4. The van der Waals surface area contributed by atoms with Crippen molar-refractivity contribution >= 4 is 17.2 Å². The van der Waals surface area contributed by atoms with E-state index in [4.69, 9.17) is 0 Å². The van der Waals surface area contributed by atoms with Gasteiger partial charge in [0.25, 0.3) is 5.91 Å². The Bertz CT molecular complexity index is 818. The van der Waals surface area contributed by atoms with Crippen molar-refractivity contribution in [3.63, 3.8) is 0 Å². The molecule has 0 aromatic carbocycles. The van der Waals surface area contributed by atoms with Gasteiger partial charge in [-0.1, -0.05) is 0 Å². The van der Waals surface area contributed by atoms with Gasteiger partial charge in [0, 0.05) is 42.5 Å². The van der Waals surface area contributed by atoms with Crippen molar-refractivity contribution in [2.24, 2.45) is 0 Å². The molecule has 0 saturated carbocycles. The third kappa shape index (κ3) is 3.80. The lowest BCUT2D eigenvalue weighted by Crippen LogP contribution is -2.26. The molecule has 3 aromatic rings. The molecule has 0 aliphatic rings. The molecule has 3 aromatic heterocycles. The SMILES string of the molecule is O=C(NCCc1csc(-c2ccncc2)n1)c1ccn(C(F)F)n1. The first-order valence-corrected chi connectivity index (χ1v) is 7.98. The number of pyridine rings is 1. The highest BCUT2D eigenvalue weighted by molar-refractivity contribution is 7.13. The van der Waals surface area contributed by atoms with Crippen molar-refractivity contribution in [3.8, 4) is 10.6 Å². The van der Waals surface area contributed by atoms with Crippen molar-refractivity contribution in [1.82, 2.24) is 25.1 Å². The van der Waals surface area contributed by atoms with Gasteiger partial charge in [-0.25, -0.2) is 9.67 Å². The third-order valence-electron chi connectivity index (χ3n) is 3.19. The number of hydrogen-bond acceptors (Lipinski definition) is 5. The summed E-state index contributed by atoms with van der Waals surface area (Å²) in [6.45, 7) is -2.41. The fourth-order valence-corrected chi connectivity index (χ4v) is 2.87. The molecule has 3 heterocycles. The van der Waals surface area contributed by atoms with Gasteiger partial charge in [0.05, 0.1) is 5.69 Å². The molecular weight excluding hydrogens is 336 g/mol. The number of amides is 1. The van der Waals surface area contributed by atoms with Gasteiger partial charge in [-0.05, 0) is 18.2 Å². The predicted molar refractivity (Wildman–Crippen MR) is 84.9 cm³/mol. The second-order valence-electron chi connectivity index (χ2n) is 4.84. The summed E-state index contributed by atoms with van der Waals surface area (Å²) >= 11 is 1.51. The van der Waals surface area contributed by atoms with E-state index in [9.17, 15) is 13.6 Å². The van der Waals surface area contributed by atoms with Gasteiger partial charge < -0.3 is 5.32 Å². The predicted octanol–water partition coefficient (Wildman–Crippen LogP) is 2.77. The van der Waals surface area contributed by atoms with Crippen LogP contribution in [0, 0.1) is 0 Å². The van der Waals surface area contributed by atoms with Crippen LogP contribution < -0.4 is 5.32 Å². The molecule has 0 spiro atoms. The molecule has 0 aliphatic carbocycles. The monoisotopic (exact) mass is 349 g/mol. The highest BCUT2D eigenvalue weighted by Crippen LogP contribution is 2.22. The number of nitrogens with one attached hydrogen (secondary N) is 1.